The van der Waals surface area contributed by atoms with Gasteiger partial charge in [-0.1, -0.05) is 42.5 Å². The van der Waals surface area contributed by atoms with Crippen LogP contribution in [-0.2, 0) is 11.3 Å². The van der Waals surface area contributed by atoms with Crippen LogP contribution in [0.1, 0.15) is 19.4 Å². The van der Waals surface area contributed by atoms with Gasteiger partial charge in [-0.25, -0.2) is 0 Å². The lowest BCUT2D eigenvalue weighted by Gasteiger charge is -2.33. The molecule has 1 unspecified atom stereocenters. The lowest BCUT2D eigenvalue weighted by atomic mass is 10.1. The van der Waals surface area contributed by atoms with Crippen molar-refractivity contribution in [1.82, 2.24) is 4.90 Å². The second kappa shape index (κ2) is 6.73. The fourth-order valence-electron chi connectivity index (χ4n) is 2.62. The summed E-state index contributed by atoms with van der Waals surface area (Å²) in [5, 5.41) is 0. The van der Waals surface area contributed by atoms with Crippen LogP contribution in [0.2, 0.25) is 0 Å². The van der Waals surface area contributed by atoms with Gasteiger partial charge in [-0.3, -0.25) is 4.79 Å². The minimum atomic E-state index is -0.601. The fraction of sp³-hybridized carbons (Fsp3) is 0.316. The molecule has 4 nitrogen and oxygen atoms in total. The predicted molar refractivity (Wildman–Crippen MR) is 88.5 cm³/mol. The van der Waals surface area contributed by atoms with Crippen molar-refractivity contribution in [2.45, 2.75) is 32.5 Å². The molecule has 1 aliphatic heterocycles. The van der Waals surface area contributed by atoms with Gasteiger partial charge in [-0.05, 0) is 31.5 Å². The van der Waals surface area contributed by atoms with Crippen molar-refractivity contribution in [3.8, 4) is 11.5 Å². The van der Waals surface area contributed by atoms with Crippen molar-refractivity contribution >= 4 is 5.91 Å². The molecule has 23 heavy (non-hydrogen) atoms. The van der Waals surface area contributed by atoms with Crippen LogP contribution in [0.15, 0.2) is 54.6 Å². The first-order valence-electron chi connectivity index (χ1n) is 7.88. The Morgan fingerprint density at radius 2 is 1.74 bits per heavy atom. The van der Waals surface area contributed by atoms with Crippen molar-refractivity contribution in [2.75, 3.05) is 6.61 Å². The Morgan fingerprint density at radius 1 is 1.09 bits per heavy atom. The molecule has 0 aromatic heterocycles. The number of hydrogen-bond acceptors (Lipinski definition) is 3. The highest BCUT2D eigenvalue weighted by Gasteiger charge is 2.32. The van der Waals surface area contributed by atoms with Gasteiger partial charge >= 0.3 is 0 Å². The van der Waals surface area contributed by atoms with Gasteiger partial charge in [-0.2, -0.15) is 0 Å². The molecule has 120 valence electrons. The predicted octanol–water partition coefficient (Wildman–Crippen LogP) is 3.26. The summed E-state index contributed by atoms with van der Waals surface area (Å²) >= 11 is 0. The van der Waals surface area contributed by atoms with Crippen molar-refractivity contribution < 1.29 is 14.3 Å². The number of hydrogen-bond donors (Lipinski definition) is 0. The number of carbonyl (C=O) groups excluding carboxylic acids is 1. The van der Waals surface area contributed by atoms with Crippen LogP contribution in [0.5, 0.6) is 11.5 Å². The molecule has 1 heterocycles. The van der Waals surface area contributed by atoms with Gasteiger partial charge in [0.1, 0.15) is 6.61 Å². The molecule has 1 atom stereocenters. The maximum atomic E-state index is 12.9. The van der Waals surface area contributed by atoms with E-state index in [1.54, 1.807) is 0 Å². The Bertz CT molecular complexity index is 669. The maximum absolute atomic E-state index is 12.9. The van der Waals surface area contributed by atoms with Crippen LogP contribution in [0.3, 0.4) is 0 Å². The van der Waals surface area contributed by atoms with Gasteiger partial charge in [-0.15, -0.1) is 0 Å². The number of ether oxygens (including phenoxy) is 2. The van der Waals surface area contributed by atoms with Gasteiger partial charge in [0.05, 0.1) is 0 Å². The van der Waals surface area contributed by atoms with Crippen molar-refractivity contribution in [2.24, 2.45) is 0 Å². The molecular weight excluding hydrogens is 290 g/mol. The van der Waals surface area contributed by atoms with Crippen LogP contribution < -0.4 is 9.47 Å². The SMILES string of the molecule is CC(C)N(Cc1ccccc1)C(=O)C1COc2ccccc2O1. The third-order valence-corrected chi connectivity index (χ3v) is 3.89. The molecule has 0 saturated heterocycles. The van der Waals surface area contributed by atoms with Gasteiger partial charge < -0.3 is 14.4 Å². The molecule has 4 heteroatoms. The second-order valence-electron chi connectivity index (χ2n) is 5.91. The quantitative estimate of drug-likeness (QED) is 0.870. The number of carbonyl (C=O) groups is 1. The smallest absolute Gasteiger partial charge is 0.267 e. The van der Waals surface area contributed by atoms with E-state index in [9.17, 15) is 4.79 Å². The largest absolute Gasteiger partial charge is 0.485 e. The third-order valence-electron chi connectivity index (χ3n) is 3.89. The first-order chi connectivity index (χ1) is 11.1. The van der Waals surface area contributed by atoms with Gasteiger partial charge in [0.2, 0.25) is 6.10 Å². The number of amides is 1. The van der Waals surface area contributed by atoms with E-state index in [0.29, 0.717) is 18.0 Å². The minimum absolute atomic E-state index is 0.0432. The summed E-state index contributed by atoms with van der Waals surface area (Å²) < 4.78 is 11.5. The summed E-state index contributed by atoms with van der Waals surface area (Å²) in [4.78, 5) is 14.7. The van der Waals surface area contributed by atoms with E-state index < -0.39 is 6.10 Å². The summed E-state index contributed by atoms with van der Waals surface area (Å²) in [5.41, 5.74) is 1.10. The summed E-state index contributed by atoms with van der Waals surface area (Å²) in [5.74, 6) is 1.27. The highest BCUT2D eigenvalue weighted by molar-refractivity contribution is 5.82. The Labute approximate surface area is 136 Å². The Morgan fingerprint density at radius 3 is 2.43 bits per heavy atom. The van der Waals surface area contributed by atoms with Crippen LogP contribution in [0, 0.1) is 0 Å². The van der Waals surface area contributed by atoms with E-state index in [2.05, 4.69) is 0 Å². The summed E-state index contributed by atoms with van der Waals surface area (Å²) in [6, 6.07) is 17.5. The molecule has 0 aliphatic carbocycles. The first-order valence-corrected chi connectivity index (χ1v) is 7.88. The molecule has 2 aromatic rings. The molecule has 0 radical (unpaired) electrons. The lowest BCUT2D eigenvalue weighted by molar-refractivity contribution is -0.143. The highest BCUT2D eigenvalue weighted by Crippen LogP contribution is 2.31. The van der Waals surface area contributed by atoms with Crippen LogP contribution in [0.25, 0.3) is 0 Å². The zero-order chi connectivity index (χ0) is 16.2. The van der Waals surface area contributed by atoms with E-state index in [0.717, 1.165) is 5.56 Å². The zero-order valence-corrected chi connectivity index (χ0v) is 13.4. The Balaban J connectivity index is 1.74. The number of para-hydroxylation sites is 2. The number of benzene rings is 2. The first kappa shape index (κ1) is 15.4. The molecule has 0 saturated carbocycles. The molecule has 1 aliphatic rings. The van der Waals surface area contributed by atoms with Gasteiger partial charge in [0.25, 0.3) is 5.91 Å². The Kier molecular flexibility index (Phi) is 4.51. The second-order valence-corrected chi connectivity index (χ2v) is 5.91. The summed E-state index contributed by atoms with van der Waals surface area (Å²) in [6.07, 6.45) is -0.601. The molecule has 0 fully saturated rings. The average molecular weight is 311 g/mol. The zero-order valence-electron chi connectivity index (χ0n) is 13.4. The van der Waals surface area contributed by atoms with Gasteiger partial charge in [0.15, 0.2) is 11.5 Å². The molecule has 0 N–H and O–H groups in total. The van der Waals surface area contributed by atoms with Crippen LogP contribution in [-0.4, -0.2) is 29.6 Å². The van der Waals surface area contributed by atoms with Crippen molar-refractivity contribution in [3.05, 3.63) is 60.2 Å². The van der Waals surface area contributed by atoms with E-state index in [4.69, 9.17) is 9.47 Å². The fourth-order valence-corrected chi connectivity index (χ4v) is 2.62. The minimum Gasteiger partial charge on any atom is -0.485 e. The van der Waals surface area contributed by atoms with Crippen molar-refractivity contribution in [1.29, 1.82) is 0 Å². The van der Waals surface area contributed by atoms with E-state index in [1.807, 2.05) is 73.3 Å². The monoisotopic (exact) mass is 311 g/mol. The van der Waals surface area contributed by atoms with Crippen molar-refractivity contribution in [3.63, 3.8) is 0 Å². The normalized spacial score (nSPS) is 16.2. The molecule has 0 bridgehead atoms. The molecule has 0 spiro atoms. The lowest BCUT2D eigenvalue weighted by Crippen LogP contribution is -2.48. The number of rotatable bonds is 4. The summed E-state index contributed by atoms with van der Waals surface area (Å²) in [6.45, 7) is 4.84. The maximum Gasteiger partial charge on any atom is 0.267 e. The van der Waals surface area contributed by atoms with E-state index in [-0.39, 0.29) is 18.6 Å². The summed E-state index contributed by atoms with van der Waals surface area (Å²) in [7, 11) is 0. The average Bonchev–Trinajstić information content (AvgIpc) is 2.59. The topological polar surface area (TPSA) is 38.8 Å². The molecule has 1 amide bonds. The van der Waals surface area contributed by atoms with E-state index >= 15 is 0 Å². The van der Waals surface area contributed by atoms with Crippen LogP contribution >= 0.6 is 0 Å². The molecular formula is C19H21NO3. The molecule has 2 aromatic carbocycles. The van der Waals surface area contributed by atoms with E-state index in [1.165, 1.54) is 0 Å². The highest BCUT2D eigenvalue weighted by atomic mass is 16.6. The van der Waals surface area contributed by atoms with Crippen LogP contribution in [0.4, 0.5) is 0 Å². The Hall–Kier alpha value is -2.49. The molecule has 3 rings (SSSR count). The standard InChI is InChI=1S/C19H21NO3/c1-14(2)20(12-15-8-4-3-5-9-15)19(21)18-13-22-16-10-6-7-11-17(16)23-18/h3-11,14,18H,12-13H2,1-2H3. The third kappa shape index (κ3) is 3.47. The number of fused-ring (bicyclic) bond motifs is 1. The van der Waals surface area contributed by atoms with Gasteiger partial charge in [0, 0.05) is 12.6 Å². The number of nitrogens with zero attached hydrogens (tertiary/aromatic N) is 1.